The lowest BCUT2D eigenvalue weighted by Crippen LogP contribution is -2.13. The molecule has 0 saturated heterocycles. The normalized spacial score (nSPS) is 11.9. The highest BCUT2D eigenvalue weighted by Gasteiger charge is 2.26. The summed E-state index contributed by atoms with van der Waals surface area (Å²) < 4.78 is 22.9. The third kappa shape index (κ3) is 4.21. The Morgan fingerprint density at radius 2 is 0.821 bits per heavy atom. The van der Waals surface area contributed by atoms with Crippen LogP contribution in [0.3, 0.4) is 0 Å². The molecule has 0 fully saturated rings. The molecule has 0 saturated carbocycles. The van der Waals surface area contributed by atoms with Gasteiger partial charge in [0.2, 0.25) is 0 Å². The van der Waals surface area contributed by atoms with Gasteiger partial charge in [-0.05, 0) is 46.2 Å². The van der Waals surface area contributed by atoms with Crippen LogP contribution in [0.4, 0.5) is 0 Å². The molecule has 0 aliphatic carbocycles. The molecule has 154 valence electrons. The Bertz CT molecular complexity index is 768. The molecule has 4 heteroatoms. The zero-order valence-electron chi connectivity index (χ0n) is 18.9. The summed E-state index contributed by atoms with van der Waals surface area (Å²) in [6, 6.07) is 8.40. The van der Waals surface area contributed by atoms with Gasteiger partial charge in [-0.2, -0.15) is 0 Å². The number of ether oxygens (including phenoxy) is 4. The van der Waals surface area contributed by atoms with Crippen LogP contribution in [0.5, 0.6) is 23.0 Å². The van der Waals surface area contributed by atoms with Crippen LogP contribution in [0.15, 0.2) is 24.3 Å². The Kier molecular flexibility index (Phi) is 6.22. The van der Waals surface area contributed by atoms with Gasteiger partial charge in [-0.25, -0.2) is 0 Å². The number of rotatable bonds is 5. The van der Waals surface area contributed by atoms with E-state index in [1.165, 1.54) is 0 Å². The maximum absolute atomic E-state index is 5.77. The fourth-order valence-corrected chi connectivity index (χ4v) is 3.19. The van der Waals surface area contributed by atoms with E-state index in [0.29, 0.717) is 23.0 Å². The smallest absolute Gasteiger partial charge is 0.168 e. The first kappa shape index (κ1) is 21.9. The van der Waals surface area contributed by atoms with Crippen molar-refractivity contribution in [2.45, 2.75) is 52.4 Å². The molecule has 0 unspecified atom stereocenters. The van der Waals surface area contributed by atoms with Crippen LogP contribution in [0.2, 0.25) is 0 Å². The van der Waals surface area contributed by atoms with Crippen molar-refractivity contribution in [1.82, 2.24) is 0 Å². The fraction of sp³-hybridized carbons (Fsp3) is 0.500. The van der Waals surface area contributed by atoms with Crippen LogP contribution >= 0.6 is 0 Å². The van der Waals surface area contributed by atoms with E-state index < -0.39 is 0 Å². The van der Waals surface area contributed by atoms with E-state index in [0.717, 1.165) is 22.3 Å². The average molecular weight is 387 g/mol. The van der Waals surface area contributed by atoms with Crippen molar-refractivity contribution in [1.29, 1.82) is 0 Å². The van der Waals surface area contributed by atoms with Crippen LogP contribution in [0.25, 0.3) is 11.1 Å². The van der Waals surface area contributed by atoms with Gasteiger partial charge in [0.1, 0.15) is 0 Å². The molecule has 28 heavy (non-hydrogen) atoms. The predicted molar refractivity (Wildman–Crippen MR) is 115 cm³/mol. The summed E-state index contributed by atoms with van der Waals surface area (Å²) >= 11 is 0. The van der Waals surface area contributed by atoms with E-state index in [-0.39, 0.29) is 10.8 Å². The number of benzene rings is 2. The highest BCUT2D eigenvalue weighted by molar-refractivity contribution is 5.82. The Morgan fingerprint density at radius 1 is 0.500 bits per heavy atom. The second-order valence-electron chi connectivity index (χ2n) is 9.02. The summed E-state index contributed by atoms with van der Waals surface area (Å²) in [5.74, 6) is 2.77. The van der Waals surface area contributed by atoms with Gasteiger partial charge in [-0.1, -0.05) is 41.5 Å². The minimum Gasteiger partial charge on any atom is -0.493 e. The molecule has 0 radical (unpaired) electrons. The molecule has 0 heterocycles. The summed E-state index contributed by atoms with van der Waals surface area (Å²) in [7, 11) is 6.65. The predicted octanol–water partition coefficient (Wildman–Crippen LogP) is 5.98. The van der Waals surface area contributed by atoms with E-state index >= 15 is 0 Å². The van der Waals surface area contributed by atoms with E-state index in [4.69, 9.17) is 18.9 Å². The molecule has 0 aromatic heterocycles. The van der Waals surface area contributed by atoms with Crippen LogP contribution in [0.1, 0.15) is 52.7 Å². The van der Waals surface area contributed by atoms with Crippen LogP contribution in [0, 0.1) is 0 Å². The Balaban J connectivity index is 2.96. The van der Waals surface area contributed by atoms with Crippen molar-refractivity contribution in [3.63, 3.8) is 0 Å². The molecule has 0 aliphatic heterocycles. The van der Waals surface area contributed by atoms with Gasteiger partial charge in [-0.15, -0.1) is 0 Å². The summed E-state index contributed by atoms with van der Waals surface area (Å²) in [6.45, 7) is 13.1. The van der Waals surface area contributed by atoms with Gasteiger partial charge >= 0.3 is 0 Å². The van der Waals surface area contributed by atoms with Crippen molar-refractivity contribution in [2.24, 2.45) is 0 Å². The summed E-state index contributed by atoms with van der Waals surface area (Å²) in [4.78, 5) is 0. The fourth-order valence-electron chi connectivity index (χ4n) is 3.19. The van der Waals surface area contributed by atoms with Crippen molar-refractivity contribution < 1.29 is 18.9 Å². The molecule has 4 nitrogen and oxygen atoms in total. The summed E-state index contributed by atoms with van der Waals surface area (Å²) in [5.41, 5.74) is 4.06. The SMILES string of the molecule is COc1cc(C(C)(C)C)cc(-c2cc(C(C)(C)C)cc(OC)c2OC)c1OC. The molecule has 0 aliphatic rings. The van der Waals surface area contributed by atoms with Crippen molar-refractivity contribution >= 4 is 0 Å². The van der Waals surface area contributed by atoms with E-state index in [2.05, 4.69) is 53.7 Å². The van der Waals surface area contributed by atoms with Crippen molar-refractivity contribution in [3.05, 3.63) is 35.4 Å². The molecule has 0 amide bonds. The lowest BCUT2D eigenvalue weighted by atomic mass is 9.82. The second-order valence-corrected chi connectivity index (χ2v) is 9.02. The van der Waals surface area contributed by atoms with Gasteiger partial charge in [0, 0.05) is 11.1 Å². The molecule has 2 rings (SSSR count). The molecule has 2 aromatic carbocycles. The lowest BCUT2D eigenvalue weighted by molar-refractivity contribution is 0.350. The molecular weight excluding hydrogens is 352 g/mol. The third-order valence-electron chi connectivity index (χ3n) is 4.98. The van der Waals surface area contributed by atoms with E-state index in [1.54, 1.807) is 28.4 Å². The minimum atomic E-state index is -0.0484. The number of hydrogen-bond donors (Lipinski definition) is 0. The van der Waals surface area contributed by atoms with Crippen LogP contribution < -0.4 is 18.9 Å². The van der Waals surface area contributed by atoms with Crippen molar-refractivity contribution in [3.8, 4) is 34.1 Å². The van der Waals surface area contributed by atoms with Gasteiger partial charge in [0.15, 0.2) is 23.0 Å². The third-order valence-corrected chi connectivity index (χ3v) is 4.98. The minimum absolute atomic E-state index is 0.0484. The maximum atomic E-state index is 5.77. The summed E-state index contributed by atoms with van der Waals surface area (Å²) in [6.07, 6.45) is 0. The van der Waals surface area contributed by atoms with Crippen molar-refractivity contribution in [2.75, 3.05) is 28.4 Å². The van der Waals surface area contributed by atoms with Crippen LogP contribution in [-0.2, 0) is 10.8 Å². The molecular formula is C24H34O4. The first-order valence-corrected chi connectivity index (χ1v) is 9.51. The largest absolute Gasteiger partial charge is 0.493 e. The zero-order valence-corrected chi connectivity index (χ0v) is 18.9. The molecule has 0 atom stereocenters. The second kappa shape index (κ2) is 7.94. The van der Waals surface area contributed by atoms with Gasteiger partial charge < -0.3 is 18.9 Å². The number of hydrogen-bond acceptors (Lipinski definition) is 4. The standard InChI is InChI=1S/C24H34O4/c1-23(2,3)15-11-17(21(27-9)19(13-15)25-7)18-12-16(24(4,5)6)14-20(26-8)22(18)28-10/h11-14H,1-10H3. The highest BCUT2D eigenvalue weighted by Crippen LogP contribution is 2.48. The van der Waals surface area contributed by atoms with E-state index in [1.807, 2.05) is 12.1 Å². The van der Waals surface area contributed by atoms with Crippen LogP contribution in [-0.4, -0.2) is 28.4 Å². The number of methoxy groups -OCH3 is 4. The Hall–Kier alpha value is -2.36. The Labute approximate surface area is 169 Å². The molecule has 0 spiro atoms. The first-order chi connectivity index (χ1) is 13.0. The molecule has 2 aromatic rings. The lowest BCUT2D eigenvalue weighted by Gasteiger charge is -2.26. The van der Waals surface area contributed by atoms with Gasteiger partial charge in [0.05, 0.1) is 28.4 Å². The monoisotopic (exact) mass is 386 g/mol. The maximum Gasteiger partial charge on any atom is 0.168 e. The van der Waals surface area contributed by atoms with Gasteiger partial charge in [-0.3, -0.25) is 0 Å². The molecule has 0 bridgehead atoms. The topological polar surface area (TPSA) is 36.9 Å². The van der Waals surface area contributed by atoms with Gasteiger partial charge in [0.25, 0.3) is 0 Å². The molecule has 0 N–H and O–H groups in total. The quantitative estimate of drug-likeness (QED) is 0.633. The average Bonchev–Trinajstić information content (AvgIpc) is 2.63. The first-order valence-electron chi connectivity index (χ1n) is 9.51. The highest BCUT2D eigenvalue weighted by atomic mass is 16.5. The summed E-state index contributed by atoms with van der Waals surface area (Å²) in [5, 5.41) is 0. The Morgan fingerprint density at radius 3 is 1.04 bits per heavy atom. The zero-order chi connectivity index (χ0) is 21.3. The van der Waals surface area contributed by atoms with E-state index in [9.17, 15) is 0 Å².